The molecule has 3 amide bonds. The summed E-state index contributed by atoms with van der Waals surface area (Å²) < 4.78 is 5.48. The molecule has 0 saturated carbocycles. The lowest BCUT2D eigenvalue weighted by atomic mass is 9.98. The zero-order chi connectivity index (χ0) is 31.0. The number of nitrogens with zero attached hydrogens (tertiary/aromatic N) is 1. The molecule has 0 heterocycles. The summed E-state index contributed by atoms with van der Waals surface area (Å²) in [6.45, 7) is 10.9. The van der Waals surface area contributed by atoms with Crippen molar-refractivity contribution in [1.29, 1.82) is 0 Å². The van der Waals surface area contributed by atoms with Crippen LogP contribution >= 0.6 is 11.6 Å². The molecule has 9 heteroatoms. The summed E-state index contributed by atoms with van der Waals surface area (Å²) >= 11 is 6.43. The van der Waals surface area contributed by atoms with Crippen LogP contribution in [0.15, 0.2) is 66.7 Å². The molecule has 0 bridgehead atoms. The highest BCUT2D eigenvalue weighted by Crippen LogP contribution is 2.31. The van der Waals surface area contributed by atoms with Gasteiger partial charge in [0.2, 0.25) is 5.91 Å². The van der Waals surface area contributed by atoms with Gasteiger partial charge in [0.1, 0.15) is 23.4 Å². The summed E-state index contributed by atoms with van der Waals surface area (Å²) in [5, 5.41) is 16.2. The number of carbonyl (C=O) groups excluding carboxylic acids is 3. The van der Waals surface area contributed by atoms with Crippen molar-refractivity contribution in [3.8, 4) is 5.75 Å². The number of halogens is 1. The first kappa shape index (κ1) is 32.5. The fraction of sp³-hybridized carbons (Fsp3) is 0.364. The molecule has 3 aromatic rings. The van der Waals surface area contributed by atoms with Gasteiger partial charge in [0.05, 0.1) is 10.7 Å². The van der Waals surface area contributed by atoms with Crippen molar-refractivity contribution in [2.45, 2.75) is 72.1 Å². The van der Waals surface area contributed by atoms with Gasteiger partial charge < -0.3 is 25.4 Å². The summed E-state index contributed by atoms with van der Waals surface area (Å²) in [6.07, 6.45) is -0.00476. The number of hydrogen-bond donors (Lipinski definition) is 3. The molecule has 0 aliphatic carbocycles. The number of para-hydroxylation sites is 1. The second kappa shape index (κ2) is 14.2. The molecule has 0 aromatic heterocycles. The summed E-state index contributed by atoms with van der Waals surface area (Å²) in [4.78, 5) is 42.8. The van der Waals surface area contributed by atoms with Crippen molar-refractivity contribution < 1.29 is 24.2 Å². The molecule has 0 spiro atoms. The number of hydrogen-bond acceptors (Lipinski definition) is 5. The molecule has 42 heavy (non-hydrogen) atoms. The number of ether oxygens (including phenoxy) is 1. The maximum absolute atomic E-state index is 14.4. The maximum Gasteiger partial charge on any atom is 0.408 e. The Morgan fingerprint density at radius 1 is 0.976 bits per heavy atom. The lowest BCUT2D eigenvalue weighted by Crippen LogP contribution is -2.53. The standard InChI is InChI=1S/C33H40ClN3O5/c1-7-18-37(31(40)26(20-23-13-9-8-10-14-23)35-32(41)42-33(4,5)6)29(24-16-17-27(38)22(3)19-24)30(39)36-28-21(2)12-11-15-25(28)34/h8-17,19,26,29,38H,7,18,20H2,1-6H3,(H,35,41)(H,36,39). The molecule has 3 N–H and O–H groups in total. The number of aryl methyl sites for hydroxylation is 2. The van der Waals surface area contributed by atoms with Crippen molar-refractivity contribution >= 4 is 35.2 Å². The first-order valence-corrected chi connectivity index (χ1v) is 14.4. The molecule has 0 saturated heterocycles. The van der Waals surface area contributed by atoms with Crippen LogP contribution < -0.4 is 10.6 Å². The Hall–Kier alpha value is -4.04. The average Bonchev–Trinajstić information content (AvgIpc) is 2.91. The second-order valence-electron chi connectivity index (χ2n) is 11.3. The van der Waals surface area contributed by atoms with Crippen molar-refractivity contribution in [3.63, 3.8) is 0 Å². The molecular formula is C33H40ClN3O5. The number of carbonyl (C=O) groups is 3. The number of phenols is 1. The van der Waals surface area contributed by atoms with Gasteiger partial charge >= 0.3 is 6.09 Å². The Morgan fingerprint density at radius 3 is 2.26 bits per heavy atom. The topological polar surface area (TPSA) is 108 Å². The van der Waals surface area contributed by atoms with E-state index in [0.717, 1.165) is 11.1 Å². The molecule has 2 atom stereocenters. The van der Waals surface area contributed by atoms with Crippen LogP contribution in [0.5, 0.6) is 5.75 Å². The third kappa shape index (κ3) is 8.73. The van der Waals surface area contributed by atoms with Gasteiger partial charge in [-0.15, -0.1) is 0 Å². The van der Waals surface area contributed by atoms with Crippen molar-refractivity contribution in [2.75, 3.05) is 11.9 Å². The Balaban J connectivity index is 2.09. The van der Waals surface area contributed by atoms with E-state index in [2.05, 4.69) is 10.6 Å². The monoisotopic (exact) mass is 593 g/mol. The highest BCUT2D eigenvalue weighted by molar-refractivity contribution is 6.34. The van der Waals surface area contributed by atoms with E-state index in [9.17, 15) is 19.5 Å². The van der Waals surface area contributed by atoms with E-state index in [1.165, 1.54) is 11.0 Å². The summed E-state index contributed by atoms with van der Waals surface area (Å²) in [6, 6.07) is 17.3. The number of aromatic hydroxyl groups is 1. The quantitative estimate of drug-likeness (QED) is 0.242. The molecule has 0 aliphatic heterocycles. The third-order valence-corrected chi connectivity index (χ3v) is 6.90. The number of anilines is 1. The molecule has 0 aliphatic rings. The predicted molar refractivity (Wildman–Crippen MR) is 166 cm³/mol. The van der Waals surface area contributed by atoms with E-state index in [4.69, 9.17) is 16.3 Å². The Labute approximate surface area is 253 Å². The number of amides is 3. The lowest BCUT2D eigenvalue weighted by Gasteiger charge is -2.34. The molecule has 0 radical (unpaired) electrons. The molecule has 8 nitrogen and oxygen atoms in total. The van der Waals surface area contributed by atoms with Crippen molar-refractivity contribution in [1.82, 2.24) is 10.2 Å². The van der Waals surface area contributed by atoms with Crippen LogP contribution in [-0.2, 0) is 20.7 Å². The SMILES string of the molecule is CCCN(C(=O)C(Cc1ccccc1)NC(=O)OC(C)(C)C)C(C(=O)Nc1c(C)cccc1Cl)c1ccc(O)c(C)c1. The Morgan fingerprint density at radius 2 is 1.67 bits per heavy atom. The van der Waals surface area contributed by atoms with Gasteiger partial charge in [0, 0.05) is 13.0 Å². The molecule has 3 aromatic carbocycles. The largest absolute Gasteiger partial charge is 0.508 e. The first-order valence-electron chi connectivity index (χ1n) is 14.0. The second-order valence-corrected chi connectivity index (χ2v) is 11.7. The summed E-state index contributed by atoms with van der Waals surface area (Å²) in [7, 11) is 0. The van der Waals surface area contributed by atoms with E-state index in [-0.39, 0.29) is 18.7 Å². The Bertz CT molecular complexity index is 1380. The van der Waals surface area contributed by atoms with Gasteiger partial charge in [0.15, 0.2) is 0 Å². The fourth-order valence-corrected chi connectivity index (χ4v) is 4.88. The highest BCUT2D eigenvalue weighted by Gasteiger charge is 2.36. The normalized spacial score (nSPS) is 12.6. The lowest BCUT2D eigenvalue weighted by molar-refractivity contribution is -0.140. The zero-order valence-electron chi connectivity index (χ0n) is 25.0. The minimum atomic E-state index is -1.09. The highest BCUT2D eigenvalue weighted by atomic mass is 35.5. The van der Waals surface area contributed by atoms with Crippen molar-refractivity contribution in [3.05, 3.63) is 94.0 Å². The maximum atomic E-state index is 14.4. The van der Waals surface area contributed by atoms with Crippen LogP contribution in [0.25, 0.3) is 0 Å². The van der Waals surface area contributed by atoms with Crippen LogP contribution in [0.2, 0.25) is 5.02 Å². The molecule has 224 valence electrons. The fourth-order valence-electron chi connectivity index (χ4n) is 4.61. The minimum absolute atomic E-state index is 0.0711. The summed E-state index contributed by atoms with van der Waals surface area (Å²) in [5.74, 6) is -0.857. The van der Waals surface area contributed by atoms with Crippen LogP contribution in [0.4, 0.5) is 10.5 Å². The smallest absolute Gasteiger partial charge is 0.408 e. The minimum Gasteiger partial charge on any atom is -0.508 e. The Kier molecular flexibility index (Phi) is 11.0. The summed E-state index contributed by atoms with van der Waals surface area (Å²) in [5.41, 5.74) is 2.32. The molecular weight excluding hydrogens is 554 g/mol. The molecule has 2 unspecified atom stereocenters. The van der Waals surface area contributed by atoms with Gasteiger partial charge in [-0.2, -0.15) is 0 Å². The van der Waals surface area contributed by atoms with Crippen LogP contribution in [-0.4, -0.2) is 46.1 Å². The zero-order valence-corrected chi connectivity index (χ0v) is 25.8. The van der Waals surface area contributed by atoms with E-state index in [0.29, 0.717) is 28.3 Å². The number of phenolic OH excluding ortho intramolecular Hbond substituents is 1. The van der Waals surface area contributed by atoms with Gasteiger partial charge in [-0.3, -0.25) is 9.59 Å². The first-order chi connectivity index (χ1) is 19.8. The van der Waals surface area contributed by atoms with Crippen LogP contribution in [0.1, 0.15) is 62.4 Å². The number of rotatable bonds is 10. The third-order valence-electron chi connectivity index (χ3n) is 6.59. The van der Waals surface area contributed by atoms with Gasteiger partial charge in [-0.05, 0) is 81.5 Å². The van der Waals surface area contributed by atoms with Crippen molar-refractivity contribution in [2.24, 2.45) is 0 Å². The average molecular weight is 594 g/mol. The molecule has 0 fully saturated rings. The molecule has 3 rings (SSSR count). The van der Waals surface area contributed by atoms with E-state index < -0.39 is 35.6 Å². The number of benzene rings is 3. The van der Waals surface area contributed by atoms with Crippen LogP contribution in [0, 0.1) is 13.8 Å². The van der Waals surface area contributed by atoms with Gasteiger partial charge in [-0.25, -0.2) is 4.79 Å². The number of nitrogens with one attached hydrogen (secondary N) is 2. The van der Waals surface area contributed by atoms with Gasteiger partial charge in [-0.1, -0.05) is 67.1 Å². The predicted octanol–water partition coefficient (Wildman–Crippen LogP) is 6.72. The van der Waals surface area contributed by atoms with E-state index in [1.54, 1.807) is 52.0 Å². The van der Waals surface area contributed by atoms with Gasteiger partial charge in [0.25, 0.3) is 5.91 Å². The van der Waals surface area contributed by atoms with E-state index in [1.807, 2.05) is 50.2 Å². The van der Waals surface area contributed by atoms with Crippen LogP contribution in [0.3, 0.4) is 0 Å². The number of alkyl carbamates (subject to hydrolysis) is 1. The van der Waals surface area contributed by atoms with E-state index >= 15 is 0 Å².